The topological polar surface area (TPSA) is 12.0 Å². The van der Waals surface area contributed by atoms with Crippen LogP contribution < -0.4 is 3.53 Å². The van der Waals surface area contributed by atoms with Crippen LogP contribution in [0.5, 0.6) is 0 Å². The van der Waals surface area contributed by atoms with E-state index in [1.54, 1.807) is 13.8 Å². The van der Waals surface area contributed by atoms with Gasteiger partial charge in [-0.3, -0.25) is 3.53 Å². The Hall–Kier alpha value is 0.550. The van der Waals surface area contributed by atoms with Crippen LogP contribution in [0.25, 0.3) is 0 Å². The van der Waals surface area contributed by atoms with Crippen molar-refractivity contribution in [3.05, 3.63) is 0 Å². The van der Waals surface area contributed by atoms with Crippen molar-refractivity contribution in [1.29, 1.82) is 0 Å². The molecular weight excluding hydrogens is 287 g/mol. The van der Waals surface area contributed by atoms with Crippen LogP contribution in [0.3, 0.4) is 0 Å². The highest BCUT2D eigenvalue weighted by Crippen LogP contribution is 2.67. The fraction of sp³-hybridized carbons (Fsp3) is 1.00. The van der Waals surface area contributed by atoms with Crippen molar-refractivity contribution in [2.24, 2.45) is 11.3 Å². The minimum absolute atomic E-state index is 0.327. The molecule has 1 saturated carbocycles. The van der Waals surface area contributed by atoms with Crippen LogP contribution in [0.15, 0.2) is 0 Å². The molecule has 2 atom stereocenters. The van der Waals surface area contributed by atoms with Gasteiger partial charge in [0.05, 0.1) is 0 Å². The van der Waals surface area contributed by atoms with Crippen molar-refractivity contribution in [3.8, 4) is 0 Å². The molecule has 1 fully saturated rings. The highest BCUT2D eigenvalue weighted by molar-refractivity contribution is 14.1. The van der Waals surface area contributed by atoms with Crippen molar-refractivity contribution in [2.45, 2.75) is 45.6 Å². The monoisotopic (exact) mass is 303 g/mol. The first kappa shape index (κ1) is 11.6. The molecule has 1 rings (SSSR count). The molecule has 13 heavy (non-hydrogen) atoms. The average molecular weight is 303 g/mol. The SMILES string of the molecule is CC(CCC1C(C)(C)C1(F)F)NI. The molecule has 0 bridgehead atoms. The fourth-order valence-corrected chi connectivity index (χ4v) is 2.08. The van der Waals surface area contributed by atoms with E-state index in [1.807, 2.05) is 6.92 Å². The molecule has 0 amide bonds. The Morgan fingerprint density at radius 2 is 1.92 bits per heavy atom. The van der Waals surface area contributed by atoms with E-state index in [1.165, 1.54) is 0 Å². The zero-order valence-corrected chi connectivity index (χ0v) is 10.4. The van der Waals surface area contributed by atoms with Gasteiger partial charge in [0.2, 0.25) is 0 Å². The normalized spacial score (nSPS) is 31.4. The van der Waals surface area contributed by atoms with E-state index in [2.05, 4.69) is 26.4 Å². The van der Waals surface area contributed by atoms with Gasteiger partial charge in [0.1, 0.15) is 0 Å². The van der Waals surface area contributed by atoms with E-state index in [9.17, 15) is 8.78 Å². The second kappa shape index (κ2) is 3.61. The van der Waals surface area contributed by atoms with Gasteiger partial charge in [-0.15, -0.1) is 0 Å². The van der Waals surface area contributed by atoms with E-state index in [0.29, 0.717) is 12.5 Å². The predicted octanol–water partition coefficient (Wildman–Crippen LogP) is 3.39. The predicted molar refractivity (Wildman–Crippen MR) is 58.1 cm³/mol. The zero-order valence-electron chi connectivity index (χ0n) is 8.20. The fourth-order valence-electron chi connectivity index (χ4n) is 1.77. The van der Waals surface area contributed by atoms with Gasteiger partial charge < -0.3 is 0 Å². The van der Waals surface area contributed by atoms with E-state index >= 15 is 0 Å². The van der Waals surface area contributed by atoms with E-state index in [4.69, 9.17) is 0 Å². The summed E-state index contributed by atoms with van der Waals surface area (Å²) in [7, 11) is 0. The third-order valence-electron chi connectivity index (χ3n) is 3.16. The second-order valence-corrected chi connectivity index (χ2v) is 5.11. The van der Waals surface area contributed by atoms with Crippen LogP contribution in [0.1, 0.15) is 33.6 Å². The van der Waals surface area contributed by atoms with E-state index < -0.39 is 17.3 Å². The Bertz CT molecular complexity index is 180. The highest BCUT2D eigenvalue weighted by atomic mass is 127. The van der Waals surface area contributed by atoms with Crippen molar-refractivity contribution in [2.75, 3.05) is 0 Å². The van der Waals surface area contributed by atoms with Crippen LogP contribution in [0.4, 0.5) is 8.78 Å². The van der Waals surface area contributed by atoms with Gasteiger partial charge in [-0.2, -0.15) is 0 Å². The lowest BCUT2D eigenvalue weighted by atomic mass is 10.0. The van der Waals surface area contributed by atoms with Crippen molar-refractivity contribution in [1.82, 2.24) is 3.53 Å². The Labute approximate surface area is 92.2 Å². The molecule has 0 heterocycles. The quantitative estimate of drug-likeness (QED) is 0.620. The maximum Gasteiger partial charge on any atom is 0.257 e. The average Bonchev–Trinajstić information content (AvgIpc) is 2.40. The molecule has 0 saturated heterocycles. The minimum Gasteiger partial charge on any atom is -0.258 e. The number of nitrogens with one attached hydrogen (secondary N) is 1. The smallest absolute Gasteiger partial charge is 0.257 e. The molecule has 1 nitrogen and oxygen atoms in total. The van der Waals surface area contributed by atoms with Crippen LogP contribution in [0, 0.1) is 11.3 Å². The summed E-state index contributed by atoms with van der Waals surface area (Å²) in [5, 5.41) is 0. The first-order valence-corrected chi connectivity index (χ1v) is 5.66. The van der Waals surface area contributed by atoms with Crippen LogP contribution in [-0.2, 0) is 0 Å². The third kappa shape index (κ3) is 1.98. The molecule has 0 radical (unpaired) electrons. The highest BCUT2D eigenvalue weighted by Gasteiger charge is 2.73. The molecule has 0 aromatic rings. The van der Waals surface area contributed by atoms with E-state index in [0.717, 1.165) is 6.42 Å². The standard InChI is InChI=1S/C9H16F2IN/c1-6(13-12)4-5-7-8(2,3)9(7,10)11/h6-7,13H,4-5H2,1-3H3. The first-order chi connectivity index (χ1) is 5.84. The van der Waals surface area contributed by atoms with Gasteiger partial charge in [0.15, 0.2) is 0 Å². The molecule has 1 aliphatic rings. The zero-order chi connectivity index (χ0) is 10.3. The Morgan fingerprint density at radius 3 is 2.23 bits per heavy atom. The Balaban J connectivity index is 2.34. The molecule has 0 aromatic heterocycles. The van der Waals surface area contributed by atoms with Crippen LogP contribution in [-0.4, -0.2) is 12.0 Å². The molecule has 78 valence electrons. The number of alkyl halides is 2. The number of halogens is 3. The molecule has 4 heteroatoms. The summed E-state index contributed by atoms with van der Waals surface area (Å²) in [4.78, 5) is 0. The lowest BCUT2D eigenvalue weighted by molar-refractivity contribution is 0.0654. The lowest BCUT2D eigenvalue weighted by Gasteiger charge is -2.07. The summed E-state index contributed by atoms with van der Waals surface area (Å²) < 4.78 is 29.2. The maximum atomic E-state index is 13.1. The van der Waals surface area contributed by atoms with Crippen molar-refractivity contribution >= 4 is 22.9 Å². The summed E-state index contributed by atoms with van der Waals surface area (Å²) in [5.74, 6) is -2.84. The number of hydrogen-bond acceptors (Lipinski definition) is 1. The Kier molecular flexibility index (Phi) is 3.22. The number of hydrogen-bond donors (Lipinski definition) is 1. The summed E-state index contributed by atoms with van der Waals surface area (Å²) >= 11 is 2.06. The first-order valence-electron chi connectivity index (χ1n) is 4.58. The Morgan fingerprint density at radius 1 is 1.46 bits per heavy atom. The van der Waals surface area contributed by atoms with E-state index in [-0.39, 0.29) is 0 Å². The summed E-state index contributed by atoms with van der Waals surface area (Å²) in [5.41, 5.74) is -0.766. The number of rotatable bonds is 4. The molecular formula is C9H16F2IN. The minimum atomic E-state index is -2.43. The van der Waals surface area contributed by atoms with Crippen molar-refractivity contribution < 1.29 is 8.78 Å². The van der Waals surface area contributed by atoms with Gasteiger partial charge in [0, 0.05) is 40.2 Å². The summed E-state index contributed by atoms with van der Waals surface area (Å²) in [6.07, 6.45) is 1.45. The lowest BCUT2D eigenvalue weighted by Crippen LogP contribution is -2.15. The maximum absolute atomic E-state index is 13.1. The summed E-state index contributed by atoms with van der Waals surface area (Å²) in [6.45, 7) is 5.32. The van der Waals surface area contributed by atoms with Gasteiger partial charge in [-0.1, -0.05) is 13.8 Å². The van der Waals surface area contributed by atoms with Crippen molar-refractivity contribution in [3.63, 3.8) is 0 Å². The molecule has 2 unspecified atom stereocenters. The van der Waals surface area contributed by atoms with Gasteiger partial charge in [0.25, 0.3) is 5.92 Å². The largest absolute Gasteiger partial charge is 0.258 e. The van der Waals surface area contributed by atoms with Crippen LogP contribution in [0.2, 0.25) is 0 Å². The molecule has 0 aromatic carbocycles. The molecule has 0 spiro atoms. The van der Waals surface area contributed by atoms with Gasteiger partial charge >= 0.3 is 0 Å². The van der Waals surface area contributed by atoms with Gasteiger partial charge in [-0.25, -0.2) is 8.78 Å². The second-order valence-electron chi connectivity index (χ2n) is 4.48. The molecule has 0 aliphatic heterocycles. The van der Waals surface area contributed by atoms with Gasteiger partial charge in [-0.05, 0) is 19.8 Å². The third-order valence-corrected chi connectivity index (χ3v) is 4.22. The summed E-state index contributed by atoms with van der Waals surface area (Å²) in [6, 6.07) is 0.327. The van der Waals surface area contributed by atoms with Crippen LogP contribution >= 0.6 is 22.9 Å². The molecule has 1 aliphatic carbocycles. The molecule has 1 N–H and O–H groups in total.